The van der Waals surface area contributed by atoms with Crippen molar-refractivity contribution in [2.45, 2.75) is 89.7 Å². The SMILES string of the molecule is CCCCCCCCCCCCOS(=O)(=O)C1(C)C=CC=CC1C. The maximum Gasteiger partial charge on any atom is 0.277 e. The van der Waals surface area contributed by atoms with Crippen molar-refractivity contribution in [2.75, 3.05) is 6.61 Å². The molecule has 2 atom stereocenters. The fraction of sp³-hybridized carbons (Fsp3) is 0.800. The minimum atomic E-state index is -3.58. The number of rotatable bonds is 13. The Kier molecular flexibility index (Phi) is 9.91. The molecule has 140 valence electrons. The van der Waals surface area contributed by atoms with Crippen LogP contribution in [0.5, 0.6) is 0 Å². The predicted octanol–water partition coefficient (Wildman–Crippen LogP) is 5.77. The van der Waals surface area contributed by atoms with Gasteiger partial charge in [-0.15, -0.1) is 0 Å². The molecule has 0 saturated heterocycles. The predicted molar refractivity (Wildman–Crippen MR) is 103 cm³/mol. The van der Waals surface area contributed by atoms with Crippen molar-refractivity contribution in [3.05, 3.63) is 24.3 Å². The van der Waals surface area contributed by atoms with E-state index in [1.54, 1.807) is 19.1 Å². The quantitative estimate of drug-likeness (QED) is 0.310. The van der Waals surface area contributed by atoms with Crippen molar-refractivity contribution >= 4 is 10.1 Å². The van der Waals surface area contributed by atoms with Crippen LogP contribution in [-0.2, 0) is 14.3 Å². The van der Waals surface area contributed by atoms with E-state index in [1.165, 1.54) is 51.4 Å². The molecule has 0 amide bonds. The van der Waals surface area contributed by atoms with E-state index >= 15 is 0 Å². The zero-order valence-electron chi connectivity index (χ0n) is 15.8. The number of hydrogen-bond acceptors (Lipinski definition) is 3. The molecule has 0 aromatic rings. The van der Waals surface area contributed by atoms with Crippen LogP contribution < -0.4 is 0 Å². The normalized spacial score (nSPS) is 23.7. The lowest BCUT2D eigenvalue weighted by Gasteiger charge is -2.31. The molecule has 0 heterocycles. The zero-order valence-corrected chi connectivity index (χ0v) is 16.6. The molecule has 3 nitrogen and oxygen atoms in total. The van der Waals surface area contributed by atoms with Crippen LogP contribution in [-0.4, -0.2) is 19.8 Å². The molecule has 0 fully saturated rings. The Morgan fingerprint density at radius 1 is 0.917 bits per heavy atom. The van der Waals surface area contributed by atoms with Gasteiger partial charge in [0.05, 0.1) is 6.61 Å². The molecule has 0 saturated carbocycles. The van der Waals surface area contributed by atoms with Gasteiger partial charge in [0.25, 0.3) is 10.1 Å². The summed E-state index contributed by atoms with van der Waals surface area (Å²) in [6, 6.07) is 0. The summed E-state index contributed by atoms with van der Waals surface area (Å²) in [5.41, 5.74) is 0. The fourth-order valence-corrected chi connectivity index (χ4v) is 4.39. The molecular formula is C20H36O3S. The van der Waals surface area contributed by atoms with Gasteiger partial charge < -0.3 is 0 Å². The Morgan fingerprint density at radius 3 is 2.00 bits per heavy atom. The Bertz CT molecular complexity index is 493. The third-order valence-electron chi connectivity index (χ3n) is 5.12. The fourth-order valence-electron chi connectivity index (χ4n) is 3.02. The second kappa shape index (κ2) is 11.1. The smallest absolute Gasteiger partial charge is 0.269 e. The van der Waals surface area contributed by atoms with Crippen LogP contribution >= 0.6 is 0 Å². The molecule has 0 N–H and O–H groups in total. The molecule has 0 aromatic carbocycles. The third-order valence-corrected chi connectivity index (χ3v) is 7.18. The Balaban J connectivity index is 2.12. The first kappa shape index (κ1) is 21.4. The van der Waals surface area contributed by atoms with E-state index in [1.807, 2.05) is 19.1 Å². The van der Waals surface area contributed by atoms with E-state index in [0.29, 0.717) is 6.61 Å². The highest BCUT2D eigenvalue weighted by molar-refractivity contribution is 7.88. The first-order valence-corrected chi connectivity index (χ1v) is 11.1. The summed E-state index contributed by atoms with van der Waals surface area (Å²) < 4.78 is 29.3. The molecule has 1 aliphatic rings. The van der Waals surface area contributed by atoms with Crippen LogP contribution in [0.25, 0.3) is 0 Å². The van der Waals surface area contributed by atoms with Gasteiger partial charge in [0.2, 0.25) is 0 Å². The first-order chi connectivity index (χ1) is 11.4. The summed E-state index contributed by atoms with van der Waals surface area (Å²) in [6.07, 6.45) is 19.6. The van der Waals surface area contributed by atoms with Gasteiger partial charge in [0, 0.05) is 0 Å². The molecule has 0 aromatic heterocycles. The van der Waals surface area contributed by atoms with Crippen LogP contribution in [0.3, 0.4) is 0 Å². The van der Waals surface area contributed by atoms with E-state index < -0.39 is 14.9 Å². The van der Waals surface area contributed by atoms with Gasteiger partial charge >= 0.3 is 0 Å². The number of unbranched alkanes of at least 4 members (excludes halogenated alkanes) is 9. The van der Waals surface area contributed by atoms with E-state index in [2.05, 4.69) is 6.92 Å². The van der Waals surface area contributed by atoms with Gasteiger partial charge in [-0.25, -0.2) is 0 Å². The average molecular weight is 357 g/mol. The van der Waals surface area contributed by atoms with Gasteiger partial charge in [-0.2, -0.15) is 8.42 Å². The van der Waals surface area contributed by atoms with Crippen LogP contribution in [0.1, 0.15) is 85.0 Å². The zero-order chi connectivity index (χ0) is 17.9. The van der Waals surface area contributed by atoms with Crippen LogP contribution in [0, 0.1) is 5.92 Å². The lowest BCUT2D eigenvalue weighted by Crippen LogP contribution is -2.41. The van der Waals surface area contributed by atoms with Crippen molar-refractivity contribution in [2.24, 2.45) is 5.92 Å². The molecular weight excluding hydrogens is 320 g/mol. The monoisotopic (exact) mass is 356 g/mol. The number of allylic oxidation sites excluding steroid dienone is 3. The molecule has 1 rings (SSSR count). The van der Waals surface area contributed by atoms with Gasteiger partial charge in [0.1, 0.15) is 4.75 Å². The van der Waals surface area contributed by atoms with Crippen molar-refractivity contribution in [3.63, 3.8) is 0 Å². The van der Waals surface area contributed by atoms with Crippen LogP contribution in [0.15, 0.2) is 24.3 Å². The Labute approximate surface area is 149 Å². The van der Waals surface area contributed by atoms with Crippen LogP contribution in [0.2, 0.25) is 0 Å². The summed E-state index contributed by atoms with van der Waals surface area (Å²) in [6.45, 7) is 6.20. The minimum Gasteiger partial charge on any atom is -0.269 e. The molecule has 1 aliphatic carbocycles. The van der Waals surface area contributed by atoms with Crippen molar-refractivity contribution in [3.8, 4) is 0 Å². The third kappa shape index (κ3) is 6.72. The second-order valence-electron chi connectivity index (χ2n) is 7.17. The lowest BCUT2D eigenvalue weighted by atomic mass is 9.91. The molecule has 0 aliphatic heterocycles. The molecule has 0 radical (unpaired) electrons. The van der Waals surface area contributed by atoms with Gasteiger partial charge in [-0.3, -0.25) is 4.18 Å². The second-order valence-corrected chi connectivity index (χ2v) is 9.20. The van der Waals surface area contributed by atoms with E-state index in [4.69, 9.17) is 4.18 Å². The maximum absolute atomic E-state index is 12.5. The minimum absolute atomic E-state index is 0.0693. The summed E-state index contributed by atoms with van der Waals surface area (Å²) in [4.78, 5) is 0. The summed E-state index contributed by atoms with van der Waals surface area (Å²) in [5, 5.41) is 0. The molecule has 24 heavy (non-hydrogen) atoms. The van der Waals surface area contributed by atoms with E-state index in [-0.39, 0.29) is 5.92 Å². The summed E-state index contributed by atoms with van der Waals surface area (Å²) >= 11 is 0. The molecule has 2 unspecified atom stereocenters. The number of hydrogen-bond donors (Lipinski definition) is 0. The van der Waals surface area contributed by atoms with Crippen molar-refractivity contribution in [1.82, 2.24) is 0 Å². The van der Waals surface area contributed by atoms with E-state index in [9.17, 15) is 8.42 Å². The van der Waals surface area contributed by atoms with Gasteiger partial charge in [-0.05, 0) is 19.3 Å². The largest absolute Gasteiger partial charge is 0.277 e. The first-order valence-electron chi connectivity index (χ1n) is 9.69. The van der Waals surface area contributed by atoms with Gasteiger partial charge in [0.15, 0.2) is 0 Å². The highest BCUT2D eigenvalue weighted by atomic mass is 32.2. The molecule has 4 heteroatoms. The highest BCUT2D eigenvalue weighted by Crippen LogP contribution is 2.33. The lowest BCUT2D eigenvalue weighted by molar-refractivity contribution is 0.288. The Hall–Kier alpha value is -0.610. The highest BCUT2D eigenvalue weighted by Gasteiger charge is 2.42. The average Bonchev–Trinajstić information content (AvgIpc) is 2.55. The standard InChI is InChI=1S/C20H36O3S/c1-4-5-6-7-8-9-10-11-12-15-18-23-24(21,22)20(3)17-14-13-16-19(20)2/h13-14,16-17,19H,4-12,15,18H2,1-3H3. The van der Waals surface area contributed by atoms with Gasteiger partial charge in [-0.1, -0.05) is 95.9 Å². The maximum atomic E-state index is 12.5. The van der Waals surface area contributed by atoms with Crippen LogP contribution in [0.4, 0.5) is 0 Å². The summed E-state index contributed by atoms with van der Waals surface area (Å²) in [5.74, 6) is -0.0693. The Morgan fingerprint density at radius 2 is 1.46 bits per heavy atom. The van der Waals surface area contributed by atoms with E-state index in [0.717, 1.165) is 12.8 Å². The van der Waals surface area contributed by atoms with Crippen molar-refractivity contribution < 1.29 is 12.6 Å². The molecule has 0 spiro atoms. The summed E-state index contributed by atoms with van der Waals surface area (Å²) in [7, 11) is -3.58. The topological polar surface area (TPSA) is 43.4 Å². The van der Waals surface area contributed by atoms with Crippen molar-refractivity contribution in [1.29, 1.82) is 0 Å². The molecule has 0 bridgehead atoms.